The van der Waals surface area contributed by atoms with Crippen molar-refractivity contribution in [3.8, 4) is 0 Å². The SMILES string of the molecule is [CH2]CCCCCCC/C=C/C/C=C/C/C=C/C/C=C/C/C=C/CC. The summed E-state index contributed by atoms with van der Waals surface area (Å²) in [5.41, 5.74) is 0. The molecule has 0 unspecified atom stereocenters. The van der Waals surface area contributed by atoms with E-state index in [0.29, 0.717) is 0 Å². The minimum atomic E-state index is 1.04. The van der Waals surface area contributed by atoms with Gasteiger partial charge in [0.2, 0.25) is 0 Å². The van der Waals surface area contributed by atoms with Gasteiger partial charge in [-0.25, -0.2) is 0 Å². The van der Waals surface area contributed by atoms with Crippen LogP contribution in [0.4, 0.5) is 0 Å². The van der Waals surface area contributed by atoms with Crippen LogP contribution in [0.1, 0.15) is 84.0 Å². The van der Waals surface area contributed by atoms with Crippen LogP contribution in [-0.4, -0.2) is 0 Å². The van der Waals surface area contributed by atoms with Gasteiger partial charge in [-0.05, 0) is 44.9 Å². The van der Waals surface area contributed by atoms with Crippen molar-refractivity contribution < 1.29 is 0 Å². The topological polar surface area (TPSA) is 0 Å². The van der Waals surface area contributed by atoms with Gasteiger partial charge < -0.3 is 0 Å². The Hall–Kier alpha value is -1.30. The Kier molecular flexibility index (Phi) is 20.5. The van der Waals surface area contributed by atoms with Crippen molar-refractivity contribution >= 4 is 0 Å². The normalized spacial score (nSPS) is 12.9. The Morgan fingerprint density at radius 1 is 0.500 bits per heavy atom. The Labute approximate surface area is 152 Å². The second-order valence-corrected chi connectivity index (χ2v) is 6.12. The molecule has 0 aliphatic rings. The molecular weight excluding hydrogens is 288 g/mol. The zero-order chi connectivity index (χ0) is 17.6. The molecular formula is C24H39. The van der Waals surface area contributed by atoms with E-state index in [1.807, 2.05) is 0 Å². The molecule has 0 saturated heterocycles. The highest BCUT2D eigenvalue weighted by Crippen LogP contribution is 2.07. The zero-order valence-corrected chi connectivity index (χ0v) is 16.0. The molecule has 0 amide bonds. The molecule has 0 fully saturated rings. The fraction of sp³-hybridized carbons (Fsp3) is 0.542. The van der Waals surface area contributed by atoms with Crippen molar-refractivity contribution in [2.75, 3.05) is 0 Å². The van der Waals surface area contributed by atoms with Crippen molar-refractivity contribution in [1.29, 1.82) is 0 Å². The number of hydrogen-bond donors (Lipinski definition) is 0. The summed E-state index contributed by atoms with van der Waals surface area (Å²) in [4.78, 5) is 0. The van der Waals surface area contributed by atoms with Gasteiger partial charge in [-0.15, -0.1) is 0 Å². The van der Waals surface area contributed by atoms with E-state index < -0.39 is 0 Å². The quantitative estimate of drug-likeness (QED) is 0.197. The highest BCUT2D eigenvalue weighted by atomic mass is 13.9. The lowest BCUT2D eigenvalue weighted by Gasteiger charge is -1.97. The van der Waals surface area contributed by atoms with E-state index in [0.717, 1.165) is 38.5 Å². The Bertz CT molecular complexity index is 365. The predicted octanol–water partition coefficient (Wildman–Crippen LogP) is 8.30. The van der Waals surface area contributed by atoms with E-state index in [9.17, 15) is 0 Å². The molecule has 0 bridgehead atoms. The summed E-state index contributed by atoms with van der Waals surface area (Å²) < 4.78 is 0. The standard InChI is InChI=1S/C24H39/c1-3-5-7-9-11-13-15-17-19-21-23-24-22-20-18-16-14-12-10-8-6-4-2/h6,8,12,14,17-20,23-24H,1,3-5,7,9-11,13,15-16,21-22H2,2H3/b8-6+,14-12+,19-17+,20-18+,24-23+. The van der Waals surface area contributed by atoms with Crippen LogP contribution in [0, 0.1) is 6.92 Å². The van der Waals surface area contributed by atoms with E-state index >= 15 is 0 Å². The third kappa shape index (κ3) is 20.7. The largest absolute Gasteiger partial charge is 0.0885 e. The average Bonchev–Trinajstić information content (AvgIpc) is 2.60. The Balaban J connectivity index is 3.37. The van der Waals surface area contributed by atoms with Crippen LogP contribution in [0.25, 0.3) is 0 Å². The lowest BCUT2D eigenvalue weighted by molar-refractivity contribution is 0.621. The highest BCUT2D eigenvalue weighted by Gasteiger charge is 1.87. The van der Waals surface area contributed by atoms with Gasteiger partial charge in [0.1, 0.15) is 0 Å². The molecule has 0 heterocycles. The fourth-order valence-electron chi connectivity index (χ4n) is 2.34. The van der Waals surface area contributed by atoms with Crippen LogP contribution in [0.5, 0.6) is 0 Å². The van der Waals surface area contributed by atoms with Crippen LogP contribution < -0.4 is 0 Å². The maximum Gasteiger partial charge on any atom is -0.0169 e. The number of allylic oxidation sites excluding steroid dienone is 10. The predicted molar refractivity (Wildman–Crippen MR) is 112 cm³/mol. The van der Waals surface area contributed by atoms with Gasteiger partial charge in [-0.1, -0.05) is 107 Å². The first-order valence-electron chi connectivity index (χ1n) is 9.96. The minimum absolute atomic E-state index is 1.04. The van der Waals surface area contributed by atoms with Gasteiger partial charge in [0.25, 0.3) is 0 Å². The molecule has 0 N–H and O–H groups in total. The highest BCUT2D eigenvalue weighted by molar-refractivity contribution is 5.00. The molecule has 0 heteroatoms. The first-order valence-corrected chi connectivity index (χ1v) is 9.96. The van der Waals surface area contributed by atoms with E-state index in [4.69, 9.17) is 0 Å². The fourth-order valence-corrected chi connectivity index (χ4v) is 2.34. The number of unbranched alkanes of at least 4 members (excludes halogenated alkanes) is 6. The molecule has 0 spiro atoms. The molecule has 0 aliphatic heterocycles. The molecule has 0 aromatic heterocycles. The zero-order valence-electron chi connectivity index (χ0n) is 16.0. The molecule has 0 nitrogen and oxygen atoms in total. The van der Waals surface area contributed by atoms with E-state index in [2.05, 4.69) is 74.6 Å². The lowest BCUT2D eigenvalue weighted by atomic mass is 10.1. The summed E-state index contributed by atoms with van der Waals surface area (Å²) >= 11 is 0. The minimum Gasteiger partial charge on any atom is -0.0885 e. The van der Waals surface area contributed by atoms with E-state index in [-0.39, 0.29) is 0 Å². The second-order valence-electron chi connectivity index (χ2n) is 6.12. The van der Waals surface area contributed by atoms with E-state index in [1.54, 1.807) is 0 Å². The third-order valence-electron chi connectivity index (χ3n) is 3.78. The average molecular weight is 328 g/mol. The Morgan fingerprint density at radius 2 is 0.917 bits per heavy atom. The maximum absolute atomic E-state index is 3.88. The molecule has 0 rings (SSSR count). The van der Waals surface area contributed by atoms with Gasteiger partial charge >= 0.3 is 0 Å². The van der Waals surface area contributed by atoms with Gasteiger partial charge in [0.15, 0.2) is 0 Å². The molecule has 135 valence electrons. The van der Waals surface area contributed by atoms with Gasteiger partial charge in [0.05, 0.1) is 0 Å². The van der Waals surface area contributed by atoms with Crippen LogP contribution in [0.15, 0.2) is 60.8 Å². The van der Waals surface area contributed by atoms with Crippen LogP contribution in [0.3, 0.4) is 0 Å². The Morgan fingerprint density at radius 3 is 1.42 bits per heavy atom. The first-order chi connectivity index (χ1) is 11.9. The van der Waals surface area contributed by atoms with Crippen molar-refractivity contribution in [1.82, 2.24) is 0 Å². The van der Waals surface area contributed by atoms with E-state index in [1.165, 1.54) is 38.5 Å². The van der Waals surface area contributed by atoms with Crippen LogP contribution in [-0.2, 0) is 0 Å². The van der Waals surface area contributed by atoms with Gasteiger partial charge in [-0.2, -0.15) is 0 Å². The molecule has 0 saturated carbocycles. The van der Waals surface area contributed by atoms with Crippen LogP contribution >= 0.6 is 0 Å². The summed E-state index contributed by atoms with van der Waals surface area (Å²) in [6.45, 7) is 6.05. The van der Waals surface area contributed by atoms with Crippen LogP contribution in [0.2, 0.25) is 0 Å². The monoisotopic (exact) mass is 327 g/mol. The van der Waals surface area contributed by atoms with Crippen molar-refractivity contribution in [3.63, 3.8) is 0 Å². The summed E-state index contributed by atoms with van der Waals surface area (Å²) in [6.07, 6.45) is 37.0. The molecule has 0 aromatic carbocycles. The second kappa shape index (κ2) is 21.7. The molecule has 1 radical (unpaired) electrons. The van der Waals surface area contributed by atoms with Crippen molar-refractivity contribution in [2.24, 2.45) is 0 Å². The molecule has 0 atom stereocenters. The summed E-state index contributed by atoms with van der Waals surface area (Å²) in [5.74, 6) is 0. The smallest absolute Gasteiger partial charge is 0.0169 e. The summed E-state index contributed by atoms with van der Waals surface area (Å²) in [5, 5.41) is 0. The van der Waals surface area contributed by atoms with Gasteiger partial charge in [0, 0.05) is 0 Å². The lowest BCUT2D eigenvalue weighted by Crippen LogP contribution is -1.77. The van der Waals surface area contributed by atoms with Crippen molar-refractivity contribution in [2.45, 2.75) is 84.0 Å². The molecule has 0 aliphatic carbocycles. The summed E-state index contributed by atoms with van der Waals surface area (Å²) in [7, 11) is 0. The third-order valence-corrected chi connectivity index (χ3v) is 3.78. The van der Waals surface area contributed by atoms with Crippen molar-refractivity contribution in [3.05, 3.63) is 67.7 Å². The molecule has 24 heavy (non-hydrogen) atoms. The maximum atomic E-state index is 3.88. The number of hydrogen-bond acceptors (Lipinski definition) is 0. The number of rotatable bonds is 16. The summed E-state index contributed by atoms with van der Waals surface area (Å²) in [6, 6.07) is 0. The first kappa shape index (κ1) is 22.7. The van der Waals surface area contributed by atoms with Gasteiger partial charge in [-0.3, -0.25) is 0 Å². The molecule has 0 aromatic rings.